The highest BCUT2D eigenvalue weighted by Crippen LogP contribution is 2.29. The largest absolute Gasteiger partial charge is 0.478 e. The summed E-state index contributed by atoms with van der Waals surface area (Å²) in [5, 5.41) is 12.2. The summed E-state index contributed by atoms with van der Waals surface area (Å²) in [6.07, 6.45) is 0.852. The van der Waals surface area contributed by atoms with Gasteiger partial charge in [0.25, 0.3) is 5.91 Å². The molecule has 3 rings (SSSR count). The normalized spacial score (nSPS) is 15.6. The summed E-state index contributed by atoms with van der Waals surface area (Å²) in [6.45, 7) is 1.39. The summed E-state index contributed by atoms with van der Waals surface area (Å²) in [4.78, 5) is 24.6. The summed E-state index contributed by atoms with van der Waals surface area (Å²) >= 11 is 0. The maximum atomic E-state index is 13.2. The fourth-order valence-electron chi connectivity index (χ4n) is 3.32. The summed E-state index contributed by atoms with van der Waals surface area (Å²) in [6, 6.07) is 14.3. The molecule has 1 fully saturated rings. The van der Waals surface area contributed by atoms with E-state index in [0.29, 0.717) is 43.9 Å². The van der Waals surface area contributed by atoms with Crippen molar-refractivity contribution >= 4 is 17.6 Å². The second kappa shape index (κ2) is 9.65. The van der Waals surface area contributed by atoms with Crippen molar-refractivity contribution < 1.29 is 28.9 Å². The molecule has 1 aliphatic heterocycles. The second-order valence-corrected chi connectivity index (χ2v) is 6.99. The maximum absolute atomic E-state index is 13.2. The molecule has 7 nitrogen and oxygen atoms in total. The van der Waals surface area contributed by atoms with Crippen molar-refractivity contribution in [3.8, 4) is 0 Å². The van der Waals surface area contributed by atoms with Crippen molar-refractivity contribution in [2.24, 2.45) is 0 Å². The Bertz CT molecular complexity index is 846. The van der Waals surface area contributed by atoms with Crippen LogP contribution in [0.1, 0.15) is 34.3 Å². The highest BCUT2D eigenvalue weighted by Gasteiger charge is 2.41. The van der Waals surface area contributed by atoms with Crippen LogP contribution in [0.4, 0.5) is 5.69 Å². The van der Waals surface area contributed by atoms with E-state index in [4.69, 9.17) is 14.2 Å². The van der Waals surface area contributed by atoms with Crippen LogP contribution in [-0.2, 0) is 32.2 Å². The van der Waals surface area contributed by atoms with Gasteiger partial charge in [0.1, 0.15) is 0 Å². The molecule has 0 aromatic heterocycles. The molecule has 154 valence electrons. The molecule has 0 saturated carbocycles. The van der Waals surface area contributed by atoms with E-state index in [-0.39, 0.29) is 18.1 Å². The Balaban J connectivity index is 1.80. The first-order valence-corrected chi connectivity index (χ1v) is 9.46. The molecule has 29 heavy (non-hydrogen) atoms. The number of rotatable bonds is 8. The predicted octanol–water partition coefficient (Wildman–Crippen LogP) is 3.24. The van der Waals surface area contributed by atoms with Gasteiger partial charge >= 0.3 is 5.97 Å². The van der Waals surface area contributed by atoms with Crippen LogP contribution in [0.25, 0.3) is 0 Å². The molecule has 7 heteroatoms. The fraction of sp³-hybridized carbons (Fsp3) is 0.364. The highest BCUT2D eigenvalue weighted by molar-refractivity contribution is 5.99. The van der Waals surface area contributed by atoms with E-state index >= 15 is 0 Å². The molecule has 0 radical (unpaired) electrons. The molecule has 2 N–H and O–H groups in total. The summed E-state index contributed by atoms with van der Waals surface area (Å²) < 4.78 is 16.6. The first-order chi connectivity index (χ1) is 14.0. The Kier molecular flexibility index (Phi) is 6.98. The number of aromatic carboxylic acids is 1. The minimum absolute atomic E-state index is 0.0843. The van der Waals surface area contributed by atoms with Gasteiger partial charge in [-0.05, 0) is 29.3 Å². The summed E-state index contributed by atoms with van der Waals surface area (Å²) in [7, 11) is 1.53. The Hall–Kier alpha value is -2.74. The van der Waals surface area contributed by atoms with E-state index in [2.05, 4.69) is 5.32 Å². The average molecular weight is 399 g/mol. The number of benzene rings is 2. The minimum atomic E-state index is -1.07. The number of methoxy groups -OCH3 is 1. The summed E-state index contributed by atoms with van der Waals surface area (Å²) in [5.74, 6) is -1.37. The lowest BCUT2D eigenvalue weighted by Gasteiger charge is -2.35. The van der Waals surface area contributed by atoms with Gasteiger partial charge in [-0.1, -0.05) is 30.3 Å². The number of anilines is 1. The number of hydrogen-bond donors (Lipinski definition) is 2. The Morgan fingerprint density at radius 1 is 1.07 bits per heavy atom. The molecule has 0 atom stereocenters. The van der Waals surface area contributed by atoms with E-state index in [1.807, 2.05) is 30.3 Å². The molecule has 1 saturated heterocycles. The number of carboxylic acid groups (broad SMARTS) is 1. The SMILES string of the molecule is COCc1cc(NC(=O)C2(OCc3ccccc3)CCOCC2)cc(C(=O)O)c1. The number of amides is 1. The van der Waals surface area contributed by atoms with Crippen molar-refractivity contribution in [3.05, 3.63) is 65.2 Å². The van der Waals surface area contributed by atoms with E-state index in [1.165, 1.54) is 19.2 Å². The molecule has 0 spiro atoms. The van der Waals surface area contributed by atoms with Crippen molar-refractivity contribution in [2.75, 3.05) is 25.6 Å². The Labute approximate surface area is 169 Å². The standard InChI is InChI=1S/C22H25NO6/c1-27-14-17-11-18(20(24)25)13-19(12-17)23-21(26)22(7-9-28-10-8-22)29-15-16-5-3-2-4-6-16/h2-6,11-13H,7-10,14-15H2,1H3,(H,23,26)(H,24,25). The lowest BCUT2D eigenvalue weighted by Crippen LogP contribution is -2.49. The van der Waals surface area contributed by atoms with Crippen LogP contribution < -0.4 is 5.32 Å². The zero-order chi connectivity index (χ0) is 20.7. The van der Waals surface area contributed by atoms with Gasteiger partial charge in [-0.15, -0.1) is 0 Å². The van der Waals surface area contributed by atoms with Gasteiger partial charge in [0.2, 0.25) is 0 Å². The monoisotopic (exact) mass is 399 g/mol. The van der Waals surface area contributed by atoms with Crippen LogP contribution in [0.15, 0.2) is 48.5 Å². The highest BCUT2D eigenvalue weighted by atomic mass is 16.5. The van der Waals surface area contributed by atoms with Crippen LogP contribution in [0.3, 0.4) is 0 Å². The molecule has 1 aliphatic rings. The van der Waals surface area contributed by atoms with E-state index in [9.17, 15) is 14.7 Å². The molecule has 0 bridgehead atoms. The zero-order valence-electron chi connectivity index (χ0n) is 16.3. The first kappa shape index (κ1) is 21.0. The van der Waals surface area contributed by atoms with Crippen molar-refractivity contribution in [3.63, 3.8) is 0 Å². The van der Waals surface area contributed by atoms with Gasteiger partial charge in [0, 0.05) is 38.9 Å². The van der Waals surface area contributed by atoms with Crippen LogP contribution in [-0.4, -0.2) is 42.9 Å². The minimum Gasteiger partial charge on any atom is -0.478 e. The number of hydrogen-bond acceptors (Lipinski definition) is 5. The molecule has 2 aromatic rings. The lowest BCUT2D eigenvalue weighted by atomic mass is 9.92. The number of ether oxygens (including phenoxy) is 3. The van der Waals surface area contributed by atoms with Crippen LogP contribution in [0, 0.1) is 0 Å². The zero-order valence-corrected chi connectivity index (χ0v) is 16.3. The van der Waals surface area contributed by atoms with Crippen LogP contribution in [0.2, 0.25) is 0 Å². The van der Waals surface area contributed by atoms with Crippen molar-refractivity contribution in [1.82, 2.24) is 0 Å². The van der Waals surface area contributed by atoms with Gasteiger partial charge in [0.05, 0.1) is 18.8 Å². The smallest absolute Gasteiger partial charge is 0.335 e. The third-order valence-corrected chi connectivity index (χ3v) is 4.88. The molecule has 1 amide bonds. The number of carbonyl (C=O) groups is 2. The van der Waals surface area contributed by atoms with E-state index < -0.39 is 11.6 Å². The van der Waals surface area contributed by atoms with Crippen LogP contribution in [0.5, 0.6) is 0 Å². The third-order valence-electron chi connectivity index (χ3n) is 4.88. The molecule has 0 aliphatic carbocycles. The van der Waals surface area contributed by atoms with Gasteiger partial charge < -0.3 is 24.6 Å². The topological polar surface area (TPSA) is 94.1 Å². The van der Waals surface area contributed by atoms with Gasteiger partial charge in [0.15, 0.2) is 5.60 Å². The van der Waals surface area contributed by atoms with Gasteiger partial charge in [-0.2, -0.15) is 0 Å². The number of carbonyl (C=O) groups excluding carboxylic acids is 1. The van der Waals surface area contributed by atoms with Crippen LogP contribution >= 0.6 is 0 Å². The average Bonchev–Trinajstić information content (AvgIpc) is 2.74. The molecule has 2 aromatic carbocycles. The quantitative estimate of drug-likeness (QED) is 0.708. The van der Waals surface area contributed by atoms with Crippen molar-refractivity contribution in [1.29, 1.82) is 0 Å². The number of nitrogens with one attached hydrogen (secondary N) is 1. The summed E-state index contributed by atoms with van der Waals surface area (Å²) in [5.41, 5.74) is 1.09. The predicted molar refractivity (Wildman–Crippen MR) is 107 cm³/mol. The van der Waals surface area contributed by atoms with Crippen molar-refractivity contribution in [2.45, 2.75) is 31.7 Å². The molecular formula is C22H25NO6. The molecule has 0 unspecified atom stereocenters. The van der Waals surface area contributed by atoms with E-state index in [0.717, 1.165) is 5.56 Å². The first-order valence-electron chi connectivity index (χ1n) is 9.46. The lowest BCUT2D eigenvalue weighted by molar-refractivity contribution is -0.158. The maximum Gasteiger partial charge on any atom is 0.335 e. The second-order valence-electron chi connectivity index (χ2n) is 6.99. The third kappa shape index (κ3) is 5.41. The number of carboxylic acids is 1. The Morgan fingerprint density at radius 3 is 2.45 bits per heavy atom. The van der Waals surface area contributed by atoms with Gasteiger partial charge in [-0.3, -0.25) is 4.79 Å². The molecule has 1 heterocycles. The van der Waals surface area contributed by atoms with E-state index in [1.54, 1.807) is 6.07 Å². The van der Waals surface area contributed by atoms with Gasteiger partial charge in [-0.25, -0.2) is 4.79 Å². The fourth-order valence-corrected chi connectivity index (χ4v) is 3.32. The molecular weight excluding hydrogens is 374 g/mol. The Morgan fingerprint density at radius 2 is 1.79 bits per heavy atom.